The number of imide groups is 1. The Bertz CT molecular complexity index is 1440. The first kappa shape index (κ1) is 19.3. The number of carbonyl (C=O) groups excluding carboxylic acids is 3. The molecule has 4 aromatic rings. The summed E-state index contributed by atoms with van der Waals surface area (Å²) in [4.78, 5) is 44.4. The number of urea groups is 1. The van der Waals surface area contributed by atoms with E-state index >= 15 is 0 Å². The van der Waals surface area contributed by atoms with Gasteiger partial charge in [0.15, 0.2) is 5.54 Å². The van der Waals surface area contributed by atoms with E-state index in [9.17, 15) is 14.4 Å². The Hall–Kier alpha value is -4.40. The molecule has 0 spiro atoms. The fraction of sp³-hybridized carbons (Fsp3) is 0.167. The van der Waals surface area contributed by atoms with Crippen molar-refractivity contribution in [2.45, 2.75) is 12.1 Å². The van der Waals surface area contributed by atoms with Crippen molar-refractivity contribution >= 4 is 39.8 Å². The second kappa shape index (κ2) is 6.80. The zero-order chi connectivity index (χ0) is 22.7. The number of ether oxygens (including phenoxy) is 1. The van der Waals surface area contributed by atoms with E-state index in [4.69, 9.17) is 9.15 Å². The molecular weight excluding hydrogens is 424 g/mol. The van der Waals surface area contributed by atoms with Crippen LogP contribution >= 0.6 is 0 Å². The van der Waals surface area contributed by atoms with Gasteiger partial charge in [0, 0.05) is 22.9 Å². The molecule has 0 unspecified atom stereocenters. The van der Waals surface area contributed by atoms with Crippen LogP contribution in [0.3, 0.4) is 0 Å². The number of benzene rings is 2. The maximum Gasteiger partial charge on any atom is 0.322 e. The van der Waals surface area contributed by atoms with Gasteiger partial charge < -0.3 is 19.4 Å². The lowest BCUT2D eigenvalue weighted by Crippen LogP contribution is -2.52. The number of rotatable bonds is 4. The Labute approximate surface area is 187 Å². The Morgan fingerprint density at radius 3 is 2.73 bits per heavy atom. The fourth-order valence-electron chi connectivity index (χ4n) is 4.52. The molecule has 2 aromatic heterocycles. The quantitative estimate of drug-likeness (QED) is 0.470. The standard InChI is InChI=1S/C24H18N4O5/c1-32-16-7-6-14-11-28(21(29)17(14)10-16)12-24(22(30)26-23(31)27-24)19-9-15-8-13-4-2-3-5-18(13)25-20(15)33-19/h2-10H,11-12H2,1H3,(H2,26,27,30,31)/t24-/m0/s1. The molecule has 0 saturated carbocycles. The summed E-state index contributed by atoms with van der Waals surface area (Å²) in [5, 5.41) is 6.59. The summed E-state index contributed by atoms with van der Waals surface area (Å²) < 4.78 is 11.2. The van der Waals surface area contributed by atoms with E-state index in [-0.39, 0.29) is 18.2 Å². The lowest BCUT2D eigenvalue weighted by Gasteiger charge is -2.28. The van der Waals surface area contributed by atoms with E-state index in [1.54, 1.807) is 18.2 Å². The molecule has 1 fully saturated rings. The van der Waals surface area contributed by atoms with Crippen molar-refractivity contribution in [1.29, 1.82) is 0 Å². The molecular formula is C24H18N4O5. The monoisotopic (exact) mass is 442 g/mol. The molecule has 0 bridgehead atoms. The molecule has 2 aromatic carbocycles. The zero-order valence-electron chi connectivity index (χ0n) is 17.5. The fourth-order valence-corrected chi connectivity index (χ4v) is 4.52. The summed E-state index contributed by atoms with van der Waals surface area (Å²) in [6.45, 7) is 0.200. The first-order valence-corrected chi connectivity index (χ1v) is 10.4. The number of nitrogens with one attached hydrogen (secondary N) is 2. The summed E-state index contributed by atoms with van der Waals surface area (Å²) in [5.74, 6) is -0.0550. The van der Waals surface area contributed by atoms with Gasteiger partial charge in [-0.1, -0.05) is 24.3 Å². The van der Waals surface area contributed by atoms with Gasteiger partial charge in [-0.05, 0) is 35.9 Å². The van der Waals surface area contributed by atoms with Crippen LogP contribution in [0.5, 0.6) is 5.75 Å². The highest BCUT2D eigenvalue weighted by atomic mass is 16.5. The number of amides is 4. The second-order valence-electron chi connectivity index (χ2n) is 8.18. The summed E-state index contributed by atoms with van der Waals surface area (Å²) >= 11 is 0. The van der Waals surface area contributed by atoms with Crippen molar-refractivity contribution in [2.75, 3.05) is 13.7 Å². The first-order chi connectivity index (χ1) is 16.0. The summed E-state index contributed by atoms with van der Waals surface area (Å²) in [6.07, 6.45) is 0. The molecule has 2 N–H and O–H groups in total. The number of furan rings is 1. The molecule has 2 aliphatic rings. The summed E-state index contributed by atoms with van der Waals surface area (Å²) in [7, 11) is 1.53. The minimum atomic E-state index is -1.58. The summed E-state index contributed by atoms with van der Waals surface area (Å²) in [6, 6.07) is 15.8. The molecule has 9 nitrogen and oxygen atoms in total. The molecule has 0 aliphatic carbocycles. The highest BCUT2D eigenvalue weighted by molar-refractivity contribution is 6.08. The highest BCUT2D eigenvalue weighted by Gasteiger charge is 2.53. The van der Waals surface area contributed by atoms with Crippen molar-refractivity contribution in [3.8, 4) is 5.75 Å². The maximum absolute atomic E-state index is 13.1. The molecule has 9 heteroatoms. The molecule has 0 radical (unpaired) electrons. The van der Waals surface area contributed by atoms with Crippen molar-refractivity contribution in [3.05, 3.63) is 71.5 Å². The Kier molecular flexibility index (Phi) is 3.97. The third-order valence-corrected chi connectivity index (χ3v) is 6.20. The second-order valence-corrected chi connectivity index (χ2v) is 8.18. The smallest absolute Gasteiger partial charge is 0.322 e. The average molecular weight is 442 g/mol. The molecule has 4 heterocycles. The van der Waals surface area contributed by atoms with Crippen molar-refractivity contribution in [3.63, 3.8) is 0 Å². The third-order valence-electron chi connectivity index (χ3n) is 6.20. The lowest BCUT2D eigenvalue weighted by atomic mass is 9.95. The van der Waals surface area contributed by atoms with Crippen molar-refractivity contribution < 1.29 is 23.5 Å². The number of carbonyl (C=O) groups is 3. The first-order valence-electron chi connectivity index (χ1n) is 10.4. The van der Waals surface area contributed by atoms with Gasteiger partial charge in [0.1, 0.15) is 11.5 Å². The van der Waals surface area contributed by atoms with Crippen LogP contribution < -0.4 is 15.4 Å². The van der Waals surface area contributed by atoms with Gasteiger partial charge in [-0.2, -0.15) is 0 Å². The number of hydrogen-bond acceptors (Lipinski definition) is 6. The van der Waals surface area contributed by atoms with Crippen LogP contribution in [-0.4, -0.2) is 41.4 Å². The molecule has 6 rings (SSSR count). The van der Waals surface area contributed by atoms with Gasteiger partial charge in [0.25, 0.3) is 11.8 Å². The van der Waals surface area contributed by atoms with E-state index in [1.165, 1.54) is 12.0 Å². The number of para-hydroxylation sites is 1. The molecule has 164 valence electrons. The van der Waals surface area contributed by atoms with Crippen LogP contribution in [0.2, 0.25) is 0 Å². The van der Waals surface area contributed by atoms with Crippen LogP contribution in [0, 0.1) is 0 Å². The van der Waals surface area contributed by atoms with Crippen LogP contribution in [0.4, 0.5) is 4.79 Å². The van der Waals surface area contributed by atoms with Gasteiger partial charge in [-0.25, -0.2) is 9.78 Å². The molecule has 2 aliphatic heterocycles. The van der Waals surface area contributed by atoms with E-state index < -0.39 is 17.5 Å². The van der Waals surface area contributed by atoms with E-state index in [1.807, 2.05) is 36.4 Å². The van der Waals surface area contributed by atoms with Crippen molar-refractivity contribution in [2.24, 2.45) is 0 Å². The predicted octanol–water partition coefficient (Wildman–Crippen LogP) is 2.68. The number of fused-ring (bicyclic) bond motifs is 3. The lowest BCUT2D eigenvalue weighted by molar-refractivity contribution is -0.125. The maximum atomic E-state index is 13.1. The number of hydrogen-bond donors (Lipinski definition) is 2. The van der Waals surface area contributed by atoms with E-state index in [0.717, 1.165) is 16.5 Å². The normalized spacial score (nSPS) is 19.8. The largest absolute Gasteiger partial charge is 0.497 e. The van der Waals surface area contributed by atoms with E-state index in [2.05, 4.69) is 15.6 Å². The molecule has 1 atom stereocenters. The molecule has 1 saturated heterocycles. The van der Waals surface area contributed by atoms with Gasteiger partial charge >= 0.3 is 6.03 Å². The minimum absolute atomic E-state index is 0.0975. The Morgan fingerprint density at radius 1 is 1.09 bits per heavy atom. The number of methoxy groups -OCH3 is 1. The van der Waals surface area contributed by atoms with Gasteiger partial charge in [0.05, 0.1) is 19.2 Å². The highest BCUT2D eigenvalue weighted by Crippen LogP contribution is 2.35. The number of pyridine rings is 1. The van der Waals surface area contributed by atoms with Crippen LogP contribution in [0.15, 0.2) is 59.0 Å². The number of nitrogens with zero attached hydrogens (tertiary/aromatic N) is 2. The third kappa shape index (κ3) is 2.85. The van der Waals surface area contributed by atoms with Gasteiger partial charge in [-0.15, -0.1) is 0 Å². The van der Waals surface area contributed by atoms with Crippen molar-refractivity contribution in [1.82, 2.24) is 20.5 Å². The Balaban J connectivity index is 1.42. The summed E-state index contributed by atoms with van der Waals surface area (Å²) in [5.41, 5.74) is 0.841. The van der Waals surface area contributed by atoms with Crippen LogP contribution in [0.25, 0.3) is 22.0 Å². The minimum Gasteiger partial charge on any atom is -0.497 e. The Morgan fingerprint density at radius 2 is 1.94 bits per heavy atom. The predicted molar refractivity (Wildman–Crippen MR) is 118 cm³/mol. The molecule has 4 amide bonds. The topological polar surface area (TPSA) is 114 Å². The number of aromatic nitrogens is 1. The zero-order valence-corrected chi connectivity index (χ0v) is 17.5. The molecule has 33 heavy (non-hydrogen) atoms. The van der Waals surface area contributed by atoms with Crippen LogP contribution in [-0.2, 0) is 16.9 Å². The average Bonchev–Trinajstić information content (AvgIpc) is 3.45. The van der Waals surface area contributed by atoms with Gasteiger partial charge in [0.2, 0.25) is 5.71 Å². The van der Waals surface area contributed by atoms with Gasteiger partial charge in [-0.3, -0.25) is 14.9 Å². The van der Waals surface area contributed by atoms with E-state index in [0.29, 0.717) is 29.0 Å². The SMILES string of the molecule is COc1ccc2c(c1)C(=O)N(C[C@@]1(c3cc4cc5ccccc5nc4o3)NC(=O)NC1=O)C2. The van der Waals surface area contributed by atoms with Crippen LogP contribution in [0.1, 0.15) is 21.7 Å².